The van der Waals surface area contributed by atoms with Gasteiger partial charge in [0.1, 0.15) is 0 Å². The van der Waals surface area contributed by atoms with Crippen molar-refractivity contribution in [3.63, 3.8) is 0 Å². The minimum Gasteiger partial charge on any atom is -0.377 e. The third-order valence-electron chi connectivity index (χ3n) is 2.08. The highest BCUT2D eigenvalue weighted by Crippen LogP contribution is 2.02. The van der Waals surface area contributed by atoms with E-state index in [-0.39, 0.29) is 18.4 Å². The van der Waals surface area contributed by atoms with Crippen LogP contribution in [-0.4, -0.2) is 56.3 Å². The van der Waals surface area contributed by atoms with Crippen molar-refractivity contribution in [2.75, 3.05) is 39.6 Å². The largest absolute Gasteiger partial charge is 0.377 e. The number of ether oxygens (including phenoxy) is 2. The molecule has 96 valence electrons. The Hall–Kier alpha value is -1.28. The number of hydrogen-bond donors (Lipinski definition) is 1. The van der Waals surface area contributed by atoms with Gasteiger partial charge < -0.3 is 14.3 Å². The predicted molar refractivity (Wildman–Crippen MR) is 57.6 cm³/mol. The molecule has 2 N–H and O–H groups in total. The van der Waals surface area contributed by atoms with Crippen LogP contribution in [0, 0.1) is 0 Å². The fourth-order valence-electron chi connectivity index (χ4n) is 1.24. The maximum atomic E-state index is 11.1. The third kappa shape index (κ3) is 5.05. The Labute approximate surface area is 99.0 Å². The number of hydrogen-bond acceptors (Lipinski definition) is 6. The van der Waals surface area contributed by atoms with Gasteiger partial charge in [-0.25, -0.2) is 5.90 Å². The van der Waals surface area contributed by atoms with Gasteiger partial charge in [-0.1, -0.05) is 0 Å². The lowest BCUT2D eigenvalue weighted by atomic mass is 10.5. The zero-order chi connectivity index (χ0) is 12.5. The van der Waals surface area contributed by atoms with Gasteiger partial charge in [-0.2, -0.15) is 0 Å². The zero-order valence-corrected chi connectivity index (χ0v) is 9.46. The lowest BCUT2D eigenvalue weighted by Gasteiger charge is -2.13. The van der Waals surface area contributed by atoms with Crippen LogP contribution in [0.3, 0.4) is 0 Å². The van der Waals surface area contributed by atoms with E-state index in [1.165, 1.54) is 12.2 Å². The molecule has 0 bridgehead atoms. The summed E-state index contributed by atoms with van der Waals surface area (Å²) in [5.74, 6) is 4.21. The van der Waals surface area contributed by atoms with E-state index in [1.54, 1.807) is 0 Å². The van der Waals surface area contributed by atoms with E-state index in [0.29, 0.717) is 33.0 Å². The third-order valence-corrected chi connectivity index (χ3v) is 2.08. The SMILES string of the molecule is NOCCOCCOCCN1C(=O)C=CC1=O. The number of carbonyl (C=O) groups excluding carboxylic acids is 2. The normalized spacial score (nSPS) is 15.0. The first-order chi connectivity index (χ1) is 8.25. The Kier molecular flexibility index (Phi) is 6.41. The Bertz CT molecular complexity index is 274. The van der Waals surface area contributed by atoms with Gasteiger partial charge in [0.15, 0.2) is 0 Å². The molecular formula is C10H16N2O5. The molecule has 0 radical (unpaired) electrons. The standard InChI is InChI=1S/C10H16N2O5/c11-17-8-7-16-6-5-15-4-3-12-9(13)1-2-10(12)14/h1-2H,3-8,11H2. The van der Waals surface area contributed by atoms with Crippen molar-refractivity contribution < 1.29 is 23.9 Å². The van der Waals surface area contributed by atoms with Crippen molar-refractivity contribution in [1.82, 2.24) is 4.90 Å². The molecule has 0 aromatic rings. The van der Waals surface area contributed by atoms with Crippen molar-refractivity contribution >= 4 is 11.8 Å². The van der Waals surface area contributed by atoms with Gasteiger partial charge in [-0.05, 0) is 0 Å². The molecule has 0 fully saturated rings. The van der Waals surface area contributed by atoms with Gasteiger partial charge in [0.25, 0.3) is 11.8 Å². The first-order valence-corrected chi connectivity index (χ1v) is 5.26. The molecule has 7 heteroatoms. The van der Waals surface area contributed by atoms with E-state index in [1.807, 2.05) is 0 Å². The van der Waals surface area contributed by atoms with Crippen LogP contribution in [0.5, 0.6) is 0 Å². The molecule has 1 heterocycles. The van der Waals surface area contributed by atoms with Gasteiger partial charge >= 0.3 is 0 Å². The molecule has 0 spiro atoms. The minimum absolute atomic E-state index is 0.260. The molecule has 0 aromatic heterocycles. The van der Waals surface area contributed by atoms with Gasteiger partial charge in [0, 0.05) is 12.2 Å². The maximum absolute atomic E-state index is 11.1. The summed E-state index contributed by atoms with van der Waals surface area (Å²) < 4.78 is 10.3. The highest BCUT2D eigenvalue weighted by molar-refractivity contribution is 6.12. The second kappa shape index (κ2) is 7.91. The Morgan fingerprint density at radius 2 is 1.47 bits per heavy atom. The molecule has 0 atom stereocenters. The maximum Gasteiger partial charge on any atom is 0.253 e. The van der Waals surface area contributed by atoms with Crippen LogP contribution in [0.1, 0.15) is 0 Å². The average molecular weight is 244 g/mol. The first kappa shape index (κ1) is 13.8. The molecule has 1 aliphatic heterocycles. The average Bonchev–Trinajstić information content (AvgIpc) is 2.63. The van der Waals surface area contributed by atoms with E-state index in [9.17, 15) is 9.59 Å². The summed E-state index contributed by atoms with van der Waals surface area (Å²) in [6.45, 7) is 2.12. The van der Waals surface area contributed by atoms with Crippen molar-refractivity contribution in [3.05, 3.63) is 12.2 Å². The Morgan fingerprint density at radius 3 is 2.06 bits per heavy atom. The van der Waals surface area contributed by atoms with Gasteiger partial charge in [0.05, 0.1) is 39.6 Å². The van der Waals surface area contributed by atoms with E-state index in [0.717, 1.165) is 4.90 Å². The monoisotopic (exact) mass is 244 g/mol. The molecule has 0 aromatic carbocycles. The number of imide groups is 1. The van der Waals surface area contributed by atoms with Crippen LogP contribution in [0.2, 0.25) is 0 Å². The predicted octanol–water partition coefficient (Wildman–Crippen LogP) is -1.17. The van der Waals surface area contributed by atoms with Crippen LogP contribution in [0.15, 0.2) is 12.2 Å². The van der Waals surface area contributed by atoms with Crippen LogP contribution < -0.4 is 5.90 Å². The minimum atomic E-state index is -0.296. The molecule has 1 aliphatic rings. The summed E-state index contributed by atoms with van der Waals surface area (Å²) in [5.41, 5.74) is 0. The van der Waals surface area contributed by atoms with Crippen LogP contribution in [-0.2, 0) is 23.9 Å². The topological polar surface area (TPSA) is 91.1 Å². The second-order valence-electron chi connectivity index (χ2n) is 3.26. The van der Waals surface area contributed by atoms with Crippen LogP contribution >= 0.6 is 0 Å². The highest BCUT2D eigenvalue weighted by Gasteiger charge is 2.22. The summed E-state index contributed by atoms with van der Waals surface area (Å²) in [6.07, 6.45) is 2.50. The zero-order valence-electron chi connectivity index (χ0n) is 9.46. The molecule has 2 amide bonds. The summed E-state index contributed by atoms with van der Waals surface area (Å²) in [5, 5.41) is 0. The molecule has 0 unspecified atom stereocenters. The van der Waals surface area contributed by atoms with E-state index in [2.05, 4.69) is 4.84 Å². The number of rotatable bonds is 9. The quantitative estimate of drug-likeness (QED) is 0.312. The molecule has 0 saturated heterocycles. The van der Waals surface area contributed by atoms with E-state index >= 15 is 0 Å². The number of amides is 2. The van der Waals surface area contributed by atoms with Gasteiger partial charge in [0.2, 0.25) is 0 Å². The Morgan fingerprint density at radius 1 is 0.941 bits per heavy atom. The fraction of sp³-hybridized carbons (Fsp3) is 0.600. The molecule has 0 saturated carbocycles. The molecule has 17 heavy (non-hydrogen) atoms. The van der Waals surface area contributed by atoms with Crippen LogP contribution in [0.25, 0.3) is 0 Å². The highest BCUT2D eigenvalue weighted by atomic mass is 16.6. The van der Waals surface area contributed by atoms with Gasteiger partial charge in [-0.3, -0.25) is 14.5 Å². The molecular weight excluding hydrogens is 228 g/mol. The van der Waals surface area contributed by atoms with Crippen molar-refractivity contribution in [3.8, 4) is 0 Å². The van der Waals surface area contributed by atoms with Gasteiger partial charge in [-0.15, -0.1) is 0 Å². The molecule has 0 aliphatic carbocycles. The number of carbonyl (C=O) groups is 2. The lowest BCUT2D eigenvalue weighted by Crippen LogP contribution is -2.33. The smallest absolute Gasteiger partial charge is 0.253 e. The number of nitrogens with zero attached hydrogens (tertiary/aromatic N) is 1. The Balaban J connectivity index is 1.94. The van der Waals surface area contributed by atoms with Crippen molar-refractivity contribution in [1.29, 1.82) is 0 Å². The summed E-state index contributed by atoms with van der Waals surface area (Å²) >= 11 is 0. The summed E-state index contributed by atoms with van der Waals surface area (Å²) in [6, 6.07) is 0. The van der Waals surface area contributed by atoms with E-state index in [4.69, 9.17) is 15.4 Å². The fourth-order valence-corrected chi connectivity index (χ4v) is 1.24. The number of nitrogens with two attached hydrogens (primary N) is 1. The summed E-state index contributed by atoms with van der Waals surface area (Å²) in [7, 11) is 0. The second-order valence-corrected chi connectivity index (χ2v) is 3.26. The summed E-state index contributed by atoms with van der Waals surface area (Å²) in [4.78, 5) is 27.7. The van der Waals surface area contributed by atoms with Crippen LogP contribution in [0.4, 0.5) is 0 Å². The van der Waals surface area contributed by atoms with Crippen molar-refractivity contribution in [2.24, 2.45) is 5.90 Å². The molecule has 1 rings (SSSR count). The molecule has 7 nitrogen and oxygen atoms in total. The van der Waals surface area contributed by atoms with Crippen molar-refractivity contribution in [2.45, 2.75) is 0 Å². The lowest BCUT2D eigenvalue weighted by molar-refractivity contribution is -0.137. The first-order valence-electron chi connectivity index (χ1n) is 5.26. The van der Waals surface area contributed by atoms with E-state index < -0.39 is 0 Å².